The highest BCUT2D eigenvalue weighted by Crippen LogP contribution is 2.22. The third kappa shape index (κ3) is 5.91. The van der Waals surface area contributed by atoms with Crippen molar-refractivity contribution >= 4 is 26.4 Å². The van der Waals surface area contributed by atoms with Gasteiger partial charge in [-0.2, -0.15) is 4.73 Å². The van der Waals surface area contributed by atoms with E-state index in [0.717, 1.165) is 30.4 Å². The summed E-state index contributed by atoms with van der Waals surface area (Å²) in [6.07, 6.45) is 8.61. The molecule has 0 aliphatic heterocycles. The molecule has 1 N–H and O–H groups in total. The molecule has 0 saturated carbocycles. The minimum atomic E-state index is -3.74. The summed E-state index contributed by atoms with van der Waals surface area (Å²) in [7, 11) is -3.74. The summed E-state index contributed by atoms with van der Waals surface area (Å²) in [5.74, 6) is -0.601. The van der Waals surface area contributed by atoms with Crippen LogP contribution in [-0.2, 0) is 22.0 Å². The minimum absolute atomic E-state index is 0.0515. The van der Waals surface area contributed by atoms with Crippen molar-refractivity contribution in [2.75, 3.05) is 0 Å². The molecule has 5 aromatic rings. The summed E-state index contributed by atoms with van der Waals surface area (Å²) in [5.41, 5.74) is 3.25. The average Bonchev–Trinajstić information content (AvgIpc) is 3.28. The molecule has 0 amide bonds. The minimum Gasteiger partial charge on any atom is -0.619 e. The van der Waals surface area contributed by atoms with Crippen molar-refractivity contribution in [3.63, 3.8) is 0 Å². The zero-order valence-electron chi connectivity index (χ0n) is 19.0. The van der Waals surface area contributed by atoms with Crippen LogP contribution in [0, 0.1) is 15.3 Å². The number of nitrogens with zero attached hydrogens (tertiary/aromatic N) is 3. The van der Waals surface area contributed by atoms with Crippen LogP contribution < -0.4 is 4.73 Å². The summed E-state index contributed by atoms with van der Waals surface area (Å²) < 4.78 is 24.6. The van der Waals surface area contributed by atoms with Crippen LogP contribution in [0.5, 0.6) is 0 Å². The van der Waals surface area contributed by atoms with Crippen LogP contribution in [0.4, 0.5) is 5.69 Å². The van der Waals surface area contributed by atoms with Crippen molar-refractivity contribution in [3.05, 3.63) is 136 Å². The van der Waals surface area contributed by atoms with Gasteiger partial charge in [0.2, 0.25) is 0 Å². The zero-order chi connectivity index (χ0) is 25.5. The number of rotatable bonds is 6. The Morgan fingerprint density at radius 2 is 1.64 bits per heavy atom. The first kappa shape index (κ1) is 24.6. The summed E-state index contributed by atoms with van der Waals surface area (Å²) >= 11 is 0. The van der Waals surface area contributed by atoms with Crippen LogP contribution in [0.15, 0.2) is 109 Å². The van der Waals surface area contributed by atoms with E-state index in [1.54, 1.807) is 18.2 Å². The van der Waals surface area contributed by atoms with Gasteiger partial charge in [-0.3, -0.25) is 15.1 Å². The number of pyridine rings is 2. The third-order valence-corrected chi connectivity index (χ3v) is 7.12. The number of nitro groups is 1. The molecular formula is C26H22N4O5S. The predicted molar refractivity (Wildman–Crippen MR) is 135 cm³/mol. The fourth-order valence-corrected chi connectivity index (χ4v) is 5.07. The quantitative estimate of drug-likeness (QED) is 0.159. The number of hydrogen-bond donors (Lipinski definition) is 1. The molecule has 0 aliphatic carbocycles. The lowest BCUT2D eigenvalue weighted by Crippen LogP contribution is -2.26. The van der Waals surface area contributed by atoms with Crippen molar-refractivity contribution in [3.8, 4) is 0 Å². The van der Waals surface area contributed by atoms with Gasteiger partial charge in [-0.05, 0) is 35.7 Å². The number of sulfone groups is 1. The molecule has 5 rings (SSSR count). The van der Waals surface area contributed by atoms with E-state index in [0.29, 0.717) is 4.73 Å². The smallest absolute Gasteiger partial charge is 0.285 e. The van der Waals surface area contributed by atoms with E-state index in [9.17, 15) is 23.7 Å². The lowest BCUT2D eigenvalue weighted by molar-refractivity contribution is -0.606. The molecule has 3 aromatic heterocycles. The first-order valence-corrected chi connectivity index (χ1v) is 12.6. The van der Waals surface area contributed by atoms with E-state index < -0.39 is 26.2 Å². The molecule has 3 heterocycles. The zero-order valence-corrected chi connectivity index (χ0v) is 19.8. The van der Waals surface area contributed by atoms with E-state index in [1.807, 2.05) is 24.5 Å². The molecule has 0 aliphatic rings. The Bertz CT molecular complexity index is 1590. The van der Waals surface area contributed by atoms with Gasteiger partial charge >= 0.3 is 0 Å². The summed E-state index contributed by atoms with van der Waals surface area (Å²) in [5, 5.41) is 23.3. The van der Waals surface area contributed by atoms with E-state index in [-0.39, 0.29) is 10.5 Å². The Kier molecular flexibility index (Phi) is 7.36. The fraction of sp³-hybridized carbons (Fsp3) is 0.0769. The molecular weight excluding hydrogens is 480 g/mol. The maximum absolute atomic E-state index is 12.2. The van der Waals surface area contributed by atoms with Gasteiger partial charge in [-0.15, -0.1) is 0 Å². The largest absolute Gasteiger partial charge is 0.619 e. The molecule has 0 fully saturated rings. The molecule has 0 saturated heterocycles. The van der Waals surface area contributed by atoms with Gasteiger partial charge in [0.05, 0.1) is 21.6 Å². The maximum atomic E-state index is 12.2. The van der Waals surface area contributed by atoms with Crippen LogP contribution in [0.3, 0.4) is 0 Å². The summed E-state index contributed by atoms with van der Waals surface area (Å²) in [6, 6.07) is 21.0. The summed E-state index contributed by atoms with van der Waals surface area (Å²) in [6.45, 7) is 0. The molecule has 0 radical (unpaired) electrons. The third-order valence-electron chi connectivity index (χ3n) is 5.44. The van der Waals surface area contributed by atoms with Crippen LogP contribution in [0.2, 0.25) is 0 Å². The van der Waals surface area contributed by atoms with Crippen LogP contribution in [0.25, 0.3) is 10.9 Å². The second kappa shape index (κ2) is 10.8. The van der Waals surface area contributed by atoms with Gasteiger partial charge in [0, 0.05) is 29.5 Å². The van der Waals surface area contributed by atoms with Gasteiger partial charge in [0.1, 0.15) is 5.56 Å². The Morgan fingerprint density at radius 3 is 2.33 bits per heavy atom. The molecule has 182 valence electrons. The Labute approximate surface area is 207 Å². The molecule has 2 aromatic carbocycles. The Morgan fingerprint density at radius 1 is 0.944 bits per heavy atom. The number of aromatic nitrogens is 3. The lowest BCUT2D eigenvalue weighted by Gasteiger charge is -2.05. The normalized spacial score (nSPS) is 11.0. The molecule has 0 bridgehead atoms. The second-order valence-corrected chi connectivity index (χ2v) is 9.93. The maximum Gasteiger partial charge on any atom is 0.285 e. The molecule has 36 heavy (non-hydrogen) atoms. The van der Waals surface area contributed by atoms with E-state index >= 15 is 0 Å². The Hall–Kier alpha value is -4.57. The van der Waals surface area contributed by atoms with Crippen molar-refractivity contribution in [1.82, 2.24) is 9.97 Å². The van der Waals surface area contributed by atoms with E-state index in [2.05, 4.69) is 40.4 Å². The van der Waals surface area contributed by atoms with Crippen molar-refractivity contribution in [1.29, 1.82) is 0 Å². The van der Waals surface area contributed by atoms with Crippen LogP contribution >= 0.6 is 0 Å². The number of hydrogen-bond acceptors (Lipinski definition) is 6. The van der Waals surface area contributed by atoms with E-state index in [4.69, 9.17) is 0 Å². The van der Waals surface area contributed by atoms with Crippen LogP contribution in [-0.4, -0.2) is 23.3 Å². The molecule has 0 unspecified atom stereocenters. The highest BCUT2D eigenvalue weighted by Gasteiger charge is 2.24. The molecule has 0 spiro atoms. The highest BCUT2D eigenvalue weighted by atomic mass is 32.2. The van der Waals surface area contributed by atoms with Gasteiger partial charge in [0.15, 0.2) is 22.2 Å². The SMILES string of the molecule is O=[N+]([O-])c1cc[n+]([O-])cc1CS(=O)(=O)c1ccccc1.c1ccc(Cc2c[nH]c3ccncc23)cc1. The van der Waals surface area contributed by atoms with E-state index in [1.165, 1.54) is 28.6 Å². The van der Waals surface area contributed by atoms with Crippen molar-refractivity contribution in [2.24, 2.45) is 0 Å². The average molecular weight is 503 g/mol. The van der Waals surface area contributed by atoms with Gasteiger partial charge in [-0.1, -0.05) is 48.5 Å². The number of aromatic amines is 1. The first-order chi connectivity index (χ1) is 17.3. The molecule has 9 nitrogen and oxygen atoms in total. The number of fused-ring (bicyclic) bond motifs is 1. The van der Waals surface area contributed by atoms with Gasteiger partial charge in [0.25, 0.3) is 5.69 Å². The number of nitrogens with one attached hydrogen (secondary N) is 1. The monoisotopic (exact) mass is 502 g/mol. The number of benzene rings is 2. The standard InChI is InChI=1S/C14H12N2.C12H10N2O5S/c1-2-4-11(5-3-1)8-12-9-16-14-6-7-15-10-13(12)14;15-13-7-6-12(14(16)17)10(8-13)9-20(18,19)11-4-2-1-3-5-11/h1-7,9-10,16H,8H2;1-8H,9H2. The second-order valence-electron chi connectivity index (χ2n) is 7.94. The predicted octanol–water partition coefficient (Wildman–Crippen LogP) is 4.36. The van der Waals surface area contributed by atoms with Gasteiger partial charge in [-0.25, -0.2) is 8.42 Å². The van der Waals surface area contributed by atoms with Gasteiger partial charge < -0.3 is 10.2 Å². The number of H-pyrrole nitrogens is 1. The first-order valence-electron chi connectivity index (χ1n) is 10.9. The van der Waals surface area contributed by atoms with Crippen molar-refractivity contribution in [2.45, 2.75) is 17.1 Å². The fourth-order valence-electron chi connectivity index (χ4n) is 3.70. The summed E-state index contributed by atoms with van der Waals surface area (Å²) in [4.78, 5) is 17.6. The topological polar surface area (TPSA) is 133 Å². The molecule has 10 heteroatoms. The molecule has 0 atom stereocenters. The Balaban J connectivity index is 0.000000173. The van der Waals surface area contributed by atoms with Crippen LogP contribution in [0.1, 0.15) is 16.7 Å². The van der Waals surface area contributed by atoms with Crippen molar-refractivity contribution < 1.29 is 18.1 Å². The lowest BCUT2D eigenvalue weighted by atomic mass is 10.1. The highest BCUT2D eigenvalue weighted by molar-refractivity contribution is 7.90.